The number of benzene rings is 4. The number of amides is 4. The number of hydrogen-bond acceptors (Lipinski definition) is 11. The highest BCUT2D eigenvalue weighted by Crippen LogP contribution is 2.43. The number of hydrogen-bond donors (Lipinski definition) is 6. The average Bonchev–Trinajstić information content (AvgIpc) is 3.72. The summed E-state index contributed by atoms with van der Waals surface area (Å²) in [5.41, 5.74) is 10.8. The van der Waals surface area contributed by atoms with Crippen molar-refractivity contribution < 1.29 is 33.4 Å². The van der Waals surface area contributed by atoms with Gasteiger partial charge in [0, 0.05) is 108 Å². The number of nitrogens with two attached hydrogens (primary N) is 1. The molecule has 6 aromatic rings. The molecule has 0 radical (unpaired) electrons. The molecule has 3 saturated heterocycles. The summed E-state index contributed by atoms with van der Waals surface area (Å²) in [6.07, 6.45) is 3.44. The number of aromatic hydroxyl groups is 2. The van der Waals surface area contributed by atoms with E-state index in [4.69, 9.17) is 17.3 Å². The van der Waals surface area contributed by atoms with E-state index in [0.717, 1.165) is 57.9 Å². The third-order valence-electron chi connectivity index (χ3n) is 12.4. The third kappa shape index (κ3) is 11.8. The van der Waals surface area contributed by atoms with Gasteiger partial charge < -0.3 is 46.6 Å². The molecule has 18 heteroatoms. The molecule has 15 nitrogen and oxygen atoms in total. The predicted molar refractivity (Wildman–Crippen MR) is 277 cm³/mol. The number of carbonyl (C=O) groups is 3. The highest BCUT2D eigenvalue weighted by atomic mass is 35.5. The number of phenols is 2. The number of carbonyl (C=O) groups excluding carboxylic acids is 3. The first-order valence-corrected chi connectivity index (χ1v) is 24.0. The van der Waals surface area contributed by atoms with Crippen LogP contribution in [0.1, 0.15) is 44.1 Å². The fourth-order valence-corrected chi connectivity index (χ4v) is 8.93. The van der Waals surface area contributed by atoms with Crippen molar-refractivity contribution in [2.75, 3.05) is 86.5 Å². The van der Waals surface area contributed by atoms with E-state index in [1.807, 2.05) is 26.0 Å². The minimum absolute atomic E-state index is 0.0468. The summed E-state index contributed by atoms with van der Waals surface area (Å²) in [6, 6.07) is 24.4. The van der Waals surface area contributed by atoms with Gasteiger partial charge in [0.05, 0.1) is 16.4 Å². The molecule has 372 valence electrons. The van der Waals surface area contributed by atoms with Gasteiger partial charge in [-0.2, -0.15) is 0 Å². The number of phenolic OH excluding ortho intramolecular Hbond substituents is 2. The summed E-state index contributed by atoms with van der Waals surface area (Å²) < 4.78 is 29.3. The highest BCUT2D eigenvalue weighted by molar-refractivity contribution is 6.34. The van der Waals surface area contributed by atoms with Gasteiger partial charge in [-0.25, -0.2) is 23.5 Å². The topological polar surface area (TPSA) is 193 Å². The summed E-state index contributed by atoms with van der Waals surface area (Å²) in [4.78, 5) is 52.5. The number of nitrogens with zero attached hydrogens (tertiary/aromatic N) is 6. The molecule has 3 aliphatic rings. The number of aromatic nitrogens is 2. The quantitative estimate of drug-likeness (QED) is 0.0812. The minimum Gasteiger partial charge on any atom is -0.507 e. The van der Waals surface area contributed by atoms with E-state index in [9.17, 15) is 33.4 Å². The normalized spacial score (nSPS) is 14.9. The van der Waals surface area contributed by atoms with Crippen LogP contribution in [0.15, 0.2) is 97.2 Å². The zero-order valence-electron chi connectivity index (χ0n) is 40.4. The first-order chi connectivity index (χ1) is 34.2. The van der Waals surface area contributed by atoms with Gasteiger partial charge in [0.2, 0.25) is 5.91 Å². The van der Waals surface area contributed by atoms with Gasteiger partial charge in [0.1, 0.15) is 40.5 Å². The van der Waals surface area contributed by atoms with Gasteiger partial charge in [-0.05, 0) is 95.8 Å². The van der Waals surface area contributed by atoms with Crippen molar-refractivity contribution >= 4 is 52.5 Å². The molecule has 0 saturated carbocycles. The lowest BCUT2D eigenvalue weighted by Gasteiger charge is -2.31. The van der Waals surface area contributed by atoms with E-state index in [-0.39, 0.29) is 46.8 Å². The number of halogens is 3. The number of urea groups is 1. The molecule has 0 spiro atoms. The molecular weight excluding hydrogens is 930 g/mol. The molecule has 3 aliphatic heterocycles. The molecule has 4 aromatic carbocycles. The molecule has 0 bridgehead atoms. The number of para-hydroxylation sites is 1. The SMILES string of the molecule is CC.CN1CCN(c2ccc(-c3cc(F)cc(-c4ccnc(N5CCC(N)CC5)c4)c3O)cc2Cl)C1=O.CNC(=O)c1cc(-c2cccc(-c3ccc(NC(C)=O)c(F)c3)c2O)cc(N2CCNCC2)n1. The number of piperazine rings is 1. The molecule has 0 unspecified atom stereocenters. The lowest BCUT2D eigenvalue weighted by molar-refractivity contribution is -0.114. The highest BCUT2D eigenvalue weighted by Gasteiger charge is 2.29. The fourth-order valence-electron chi connectivity index (χ4n) is 8.65. The van der Waals surface area contributed by atoms with Gasteiger partial charge >= 0.3 is 6.03 Å². The van der Waals surface area contributed by atoms with Crippen molar-refractivity contribution in [2.45, 2.75) is 39.7 Å². The first kappa shape index (κ1) is 51.5. The van der Waals surface area contributed by atoms with Crippen molar-refractivity contribution in [2.24, 2.45) is 5.73 Å². The Labute approximate surface area is 417 Å². The summed E-state index contributed by atoms with van der Waals surface area (Å²) in [5.74, 6) is -0.471. The molecule has 0 atom stereocenters. The van der Waals surface area contributed by atoms with E-state index >= 15 is 0 Å². The van der Waals surface area contributed by atoms with Crippen LogP contribution in [0, 0.1) is 11.6 Å². The molecule has 5 heterocycles. The van der Waals surface area contributed by atoms with Crippen LogP contribution in [0.5, 0.6) is 11.5 Å². The predicted octanol–water partition coefficient (Wildman–Crippen LogP) is 8.73. The Morgan fingerprint density at radius 3 is 1.99 bits per heavy atom. The standard InChI is InChI=1S/C26H27ClFN5O2.C25H26FN5O3.C2H6/c1-31-10-11-33(26(31)35)23-3-2-16(12-22(23)27)20-14-18(28)15-21(25(20)34)17-4-7-30-24(13-17)32-8-5-19(29)6-9-32;1-15(32)29-21-7-6-16(12-20(21)26)18-4-3-5-19(24(18)33)17-13-22(25(34)27-2)30-23(14-17)31-10-8-28-9-11-31;1-2/h2-4,7,12-15,19,34H,5-6,8-11,29H2,1H3;3-7,12-14,28,33H,8-11H2,1-2H3,(H,27,34)(H,29,32);1-2H3. The molecule has 9 rings (SSSR count). The number of rotatable bonds is 9. The number of likely N-dealkylation sites (N-methyl/N-ethyl adjacent to an activating group) is 1. The second-order valence-corrected chi connectivity index (χ2v) is 17.5. The number of pyridine rings is 2. The van der Waals surface area contributed by atoms with Gasteiger partial charge in [0.25, 0.3) is 5.91 Å². The van der Waals surface area contributed by atoms with Crippen LogP contribution in [-0.2, 0) is 4.79 Å². The van der Waals surface area contributed by atoms with E-state index in [1.165, 1.54) is 31.2 Å². The molecule has 71 heavy (non-hydrogen) atoms. The van der Waals surface area contributed by atoms with Gasteiger partial charge in [-0.3, -0.25) is 14.5 Å². The van der Waals surface area contributed by atoms with E-state index in [2.05, 4.69) is 35.7 Å². The van der Waals surface area contributed by atoms with E-state index in [1.54, 1.807) is 84.7 Å². The van der Waals surface area contributed by atoms with Crippen LogP contribution in [0.4, 0.5) is 36.6 Å². The average molecular weight is 990 g/mol. The molecule has 0 aliphatic carbocycles. The summed E-state index contributed by atoms with van der Waals surface area (Å²) in [7, 11) is 3.28. The number of anilines is 4. The van der Waals surface area contributed by atoms with Crippen LogP contribution >= 0.6 is 11.6 Å². The minimum atomic E-state index is -0.607. The summed E-state index contributed by atoms with van der Waals surface area (Å²) in [5, 5.41) is 31.0. The Bertz CT molecular complexity index is 2910. The maximum Gasteiger partial charge on any atom is 0.324 e. The second-order valence-electron chi connectivity index (χ2n) is 17.1. The second kappa shape index (κ2) is 23.1. The van der Waals surface area contributed by atoms with Crippen molar-refractivity contribution in [3.8, 4) is 56.0 Å². The molecule has 2 aromatic heterocycles. The van der Waals surface area contributed by atoms with Crippen molar-refractivity contribution in [1.29, 1.82) is 0 Å². The largest absolute Gasteiger partial charge is 0.507 e. The monoisotopic (exact) mass is 988 g/mol. The van der Waals surface area contributed by atoms with Crippen LogP contribution in [0.25, 0.3) is 44.5 Å². The maximum absolute atomic E-state index is 14.8. The molecule has 4 amide bonds. The van der Waals surface area contributed by atoms with Gasteiger partial charge in [0.15, 0.2) is 0 Å². The number of nitrogens with one attached hydrogen (secondary N) is 3. The van der Waals surface area contributed by atoms with Gasteiger partial charge in [-0.1, -0.05) is 55.8 Å². The lowest BCUT2D eigenvalue weighted by atomic mass is 9.96. The Morgan fingerprint density at radius 1 is 0.761 bits per heavy atom. The maximum atomic E-state index is 14.8. The van der Waals surface area contributed by atoms with Crippen LogP contribution < -0.4 is 36.4 Å². The van der Waals surface area contributed by atoms with E-state index in [0.29, 0.717) is 74.1 Å². The third-order valence-corrected chi connectivity index (χ3v) is 12.7. The lowest BCUT2D eigenvalue weighted by Crippen LogP contribution is -2.44. The Kier molecular flexibility index (Phi) is 16.7. The fraction of sp³-hybridized carbons (Fsp3) is 0.302. The Morgan fingerprint density at radius 2 is 1.37 bits per heavy atom. The summed E-state index contributed by atoms with van der Waals surface area (Å²) in [6.45, 7) is 11.2. The molecule has 7 N–H and O–H groups in total. The van der Waals surface area contributed by atoms with Crippen LogP contribution in [-0.4, -0.2) is 115 Å². The van der Waals surface area contributed by atoms with Gasteiger partial charge in [-0.15, -0.1) is 0 Å². The number of piperidine rings is 1. The zero-order valence-corrected chi connectivity index (χ0v) is 41.2. The van der Waals surface area contributed by atoms with Crippen LogP contribution in [0.3, 0.4) is 0 Å². The first-order valence-electron chi connectivity index (χ1n) is 23.6. The smallest absolute Gasteiger partial charge is 0.324 e. The summed E-state index contributed by atoms with van der Waals surface area (Å²) >= 11 is 6.53. The molecule has 3 fully saturated rings. The van der Waals surface area contributed by atoms with Crippen molar-refractivity contribution in [3.63, 3.8) is 0 Å². The van der Waals surface area contributed by atoms with E-state index < -0.39 is 11.6 Å². The van der Waals surface area contributed by atoms with Crippen molar-refractivity contribution in [3.05, 3.63) is 120 Å². The Balaban J connectivity index is 0.000000202. The molecular formula is C53H59ClF2N10O5. The zero-order chi connectivity index (χ0) is 50.9. The van der Waals surface area contributed by atoms with Crippen LogP contribution in [0.2, 0.25) is 5.02 Å². The Hall–Kier alpha value is -7.34. The van der Waals surface area contributed by atoms with Crippen molar-refractivity contribution in [1.82, 2.24) is 25.5 Å².